The number of hydrogen-bond donors (Lipinski definition) is 0. The Balaban J connectivity index is 3.04. The van der Waals surface area contributed by atoms with Crippen LogP contribution in [0.4, 0.5) is 0 Å². The number of allylic oxidation sites excluding steroid dienone is 1. The molecule has 20 valence electrons. The normalized spacial score (nSPS) is 8.20. The molecule has 0 bridgehead atoms. The van der Waals surface area contributed by atoms with E-state index in [4.69, 9.17) is 5.26 Å². The molecule has 0 unspecified atom stereocenters. The van der Waals surface area contributed by atoms with E-state index in [1.165, 1.54) is 6.08 Å². The molecule has 0 atom stereocenters. The summed E-state index contributed by atoms with van der Waals surface area (Å²) < 4.78 is 1.83. The molecule has 0 fully saturated rings. The fourth-order valence-electron chi connectivity index (χ4n) is 0.0745. The van der Waals surface area contributed by atoms with E-state index in [-0.39, 0.29) is 0 Å². The molecule has 0 aliphatic heterocycles. The van der Waals surface area contributed by atoms with Crippen molar-refractivity contribution < 1.29 is 0 Å². The molecule has 0 heterocycles. The maximum atomic E-state index is 7.75. The molecular weight excluding hydrogens is 73.0 g/mol. The number of hydrogen-bond acceptors (Lipinski definition) is 1. The van der Waals surface area contributed by atoms with E-state index in [0.29, 0.717) is 0 Å². The summed E-state index contributed by atoms with van der Waals surface area (Å²) >= 11 is 0.996. The Morgan fingerprint density at radius 1 is 1.80 bits per heavy atom. The third-order valence-electron chi connectivity index (χ3n) is 0.241. The van der Waals surface area contributed by atoms with E-state index in [2.05, 4.69) is 0 Å². The van der Waals surface area contributed by atoms with Crippen molar-refractivity contribution in [3.8, 4) is 6.07 Å². The van der Waals surface area contributed by atoms with Gasteiger partial charge in [-0.2, -0.15) is 0 Å². The third-order valence-corrected chi connectivity index (χ3v) is 0.575. The second kappa shape index (κ2) is 4.23. The monoisotopic (exact) mass is 75.0 g/mol. The van der Waals surface area contributed by atoms with Crippen LogP contribution in [-0.2, 0) is 0 Å². The van der Waals surface area contributed by atoms with Crippen LogP contribution in [0.25, 0.3) is 0 Å². The van der Waals surface area contributed by atoms with E-state index < -0.39 is 0 Å². The van der Waals surface area contributed by atoms with Crippen molar-refractivity contribution in [3.63, 3.8) is 0 Å². The Kier molecular flexibility index (Phi) is 4.42. The Labute approximate surface area is 48.7 Å². The van der Waals surface area contributed by atoms with Gasteiger partial charge in [0.25, 0.3) is 0 Å². The SMILES string of the molecule is N#CC=[CH][Na]. The van der Waals surface area contributed by atoms with Crippen LogP contribution < -0.4 is 0 Å². The average molecular weight is 75.0 g/mol. The molecule has 0 aromatic heterocycles. The molecule has 0 amide bonds. The fourth-order valence-corrected chi connectivity index (χ4v) is 0.224. The van der Waals surface area contributed by atoms with Gasteiger partial charge in [0.1, 0.15) is 0 Å². The van der Waals surface area contributed by atoms with Gasteiger partial charge < -0.3 is 0 Å². The average Bonchev–Trinajstić information content (AvgIpc) is 1.41. The molecule has 2 heteroatoms. The minimum atomic E-state index is 0.996. The van der Waals surface area contributed by atoms with E-state index in [0.717, 1.165) is 27.9 Å². The summed E-state index contributed by atoms with van der Waals surface area (Å²) in [6.07, 6.45) is 1.49. The first-order valence-electron chi connectivity index (χ1n) is 1.42. The Bertz CT molecular complexity index is 69.5. The summed E-state index contributed by atoms with van der Waals surface area (Å²) in [4.78, 5) is 0. The van der Waals surface area contributed by atoms with Crippen molar-refractivity contribution in [1.82, 2.24) is 0 Å². The van der Waals surface area contributed by atoms with Gasteiger partial charge in [-0.05, 0) is 0 Å². The van der Waals surface area contributed by atoms with Gasteiger partial charge in [-0.3, -0.25) is 0 Å². The molecule has 0 aliphatic rings. The molecule has 0 N–H and O–H groups in total. The fraction of sp³-hybridized carbons (Fsp3) is 0. The summed E-state index contributed by atoms with van der Waals surface area (Å²) in [5, 5.41) is 7.75. The first-order valence-corrected chi connectivity index (χ1v) is 2.58. The van der Waals surface area contributed by atoms with E-state index in [1.54, 1.807) is 0 Å². The summed E-state index contributed by atoms with van der Waals surface area (Å²) in [6, 6.07) is 1.87. The standard InChI is InChI=1S/C3H2N.Na/c1-2-3-4;/h1-2H;. The molecule has 0 spiro atoms. The predicted molar refractivity (Wildman–Crippen MR) is 20.5 cm³/mol. The van der Waals surface area contributed by atoms with Gasteiger partial charge in [-0.25, -0.2) is 0 Å². The van der Waals surface area contributed by atoms with Gasteiger partial charge in [0.15, 0.2) is 0 Å². The first-order chi connectivity index (χ1) is 2.41. The molecule has 0 radical (unpaired) electrons. The van der Waals surface area contributed by atoms with Gasteiger partial charge in [-0.15, -0.1) is 0 Å². The van der Waals surface area contributed by atoms with Crippen LogP contribution in [-0.4, -0.2) is 27.9 Å². The molecule has 0 aromatic rings. The van der Waals surface area contributed by atoms with Crippen LogP contribution in [0.3, 0.4) is 0 Å². The van der Waals surface area contributed by atoms with Crippen molar-refractivity contribution in [2.24, 2.45) is 0 Å². The molecular formula is C3H2NNa. The van der Waals surface area contributed by atoms with Crippen LogP contribution in [0.1, 0.15) is 0 Å². The van der Waals surface area contributed by atoms with E-state index >= 15 is 0 Å². The first kappa shape index (κ1) is 5.23. The number of nitrogens with zero attached hydrogens (tertiary/aromatic N) is 1. The van der Waals surface area contributed by atoms with Crippen molar-refractivity contribution in [2.75, 3.05) is 0 Å². The maximum absolute atomic E-state index is 7.75. The van der Waals surface area contributed by atoms with Crippen molar-refractivity contribution in [3.05, 3.63) is 9.40 Å². The number of rotatable bonds is 0. The molecule has 0 rings (SSSR count). The van der Waals surface area contributed by atoms with Gasteiger partial charge >= 0.3 is 48.7 Å². The molecule has 0 aliphatic carbocycles. The Hall–Kier alpha value is 0.230. The third kappa shape index (κ3) is 4.23. The van der Waals surface area contributed by atoms with Gasteiger partial charge in [0, 0.05) is 0 Å². The zero-order valence-electron chi connectivity index (χ0n) is 3.10. The molecule has 5 heavy (non-hydrogen) atoms. The minimum absolute atomic E-state index is 0.996. The molecule has 1 nitrogen and oxygen atoms in total. The zero-order chi connectivity index (χ0) is 4.12. The van der Waals surface area contributed by atoms with Crippen molar-refractivity contribution in [2.45, 2.75) is 0 Å². The molecule has 0 saturated heterocycles. The summed E-state index contributed by atoms with van der Waals surface area (Å²) in [5.41, 5.74) is 0. The molecule has 0 saturated carbocycles. The van der Waals surface area contributed by atoms with Gasteiger partial charge in [-0.1, -0.05) is 0 Å². The summed E-state index contributed by atoms with van der Waals surface area (Å²) in [5.74, 6) is 0. The van der Waals surface area contributed by atoms with Crippen LogP contribution in [0.2, 0.25) is 0 Å². The van der Waals surface area contributed by atoms with E-state index in [1.807, 2.05) is 9.39 Å². The van der Waals surface area contributed by atoms with Gasteiger partial charge in [0.05, 0.1) is 0 Å². The van der Waals surface area contributed by atoms with Gasteiger partial charge in [0.2, 0.25) is 0 Å². The zero-order valence-corrected chi connectivity index (χ0v) is 5.10. The topological polar surface area (TPSA) is 23.8 Å². The second-order valence-corrected chi connectivity index (χ2v) is 1.30. The van der Waals surface area contributed by atoms with Crippen LogP contribution >= 0.6 is 0 Å². The van der Waals surface area contributed by atoms with Crippen LogP contribution in [0.15, 0.2) is 9.40 Å². The van der Waals surface area contributed by atoms with Crippen molar-refractivity contribution in [1.29, 1.82) is 5.26 Å². The summed E-state index contributed by atoms with van der Waals surface area (Å²) in [7, 11) is 0. The predicted octanol–water partition coefficient (Wildman–Crippen LogP) is 0.192. The second-order valence-electron chi connectivity index (χ2n) is 0.629. The number of nitriles is 1. The van der Waals surface area contributed by atoms with Crippen LogP contribution in [0.5, 0.6) is 0 Å². The Morgan fingerprint density at radius 3 is 2.40 bits per heavy atom. The van der Waals surface area contributed by atoms with Crippen molar-refractivity contribution >= 4 is 27.9 Å². The summed E-state index contributed by atoms with van der Waals surface area (Å²) in [6.45, 7) is 0. The Morgan fingerprint density at radius 2 is 2.40 bits per heavy atom. The van der Waals surface area contributed by atoms with Crippen LogP contribution in [0, 0.1) is 11.3 Å². The quantitative estimate of drug-likeness (QED) is 0.298. The van der Waals surface area contributed by atoms with E-state index in [9.17, 15) is 0 Å². The molecule has 0 aromatic carbocycles.